The van der Waals surface area contributed by atoms with Gasteiger partial charge in [0.25, 0.3) is 5.91 Å². The lowest BCUT2D eigenvalue weighted by Crippen LogP contribution is -2.33. The van der Waals surface area contributed by atoms with Crippen molar-refractivity contribution in [3.05, 3.63) is 57.8 Å². The van der Waals surface area contributed by atoms with Gasteiger partial charge in [-0.2, -0.15) is 10.4 Å². The number of amides is 1. The van der Waals surface area contributed by atoms with E-state index >= 15 is 0 Å². The summed E-state index contributed by atoms with van der Waals surface area (Å²) in [5.41, 5.74) is 2.72. The van der Waals surface area contributed by atoms with Crippen molar-refractivity contribution in [1.82, 2.24) is 5.43 Å². The molecule has 0 saturated carbocycles. The van der Waals surface area contributed by atoms with Crippen LogP contribution in [0.1, 0.15) is 18.2 Å². The molecule has 0 aliphatic rings. The smallest absolute Gasteiger partial charge is 0.433 e. The number of hydrazone groups is 1. The van der Waals surface area contributed by atoms with E-state index in [0.717, 1.165) is 6.21 Å². The van der Waals surface area contributed by atoms with Crippen molar-refractivity contribution in [1.29, 1.82) is 5.26 Å². The minimum atomic E-state index is -0.832. The summed E-state index contributed by atoms with van der Waals surface area (Å²) >= 11 is 0. The molecule has 0 aliphatic heterocycles. The van der Waals surface area contributed by atoms with Crippen LogP contribution in [0.4, 0.5) is 5.88 Å². The molecule has 1 amide bonds. The molecule has 1 aromatic heterocycles. The Morgan fingerprint density at radius 3 is 2.71 bits per heavy atom. The average Bonchev–Trinajstić information content (AvgIpc) is 3.04. The summed E-state index contributed by atoms with van der Waals surface area (Å²) in [6.45, 7) is 1.53. The predicted octanol–water partition coefficient (Wildman–Crippen LogP) is 1.98. The Kier molecular flexibility index (Phi) is 5.25. The second-order valence-electron chi connectivity index (χ2n) is 4.56. The van der Waals surface area contributed by atoms with Gasteiger partial charge in [0.05, 0.1) is 23.9 Å². The van der Waals surface area contributed by atoms with E-state index in [9.17, 15) is 14.9 Å². The minimum Gasteiger partial charge on any atom is -0.481 e. The highest BCUT2D eigenvalue weighted by molar-refractivity contribution is 5.83. The lowest BCUT2D eigenvalue weighted by Gasteiger charge is -2.12. The highest BCUT2D eigenvalue weighted by Gasteiger charge is 2.14. The molecule has 0 unspecified atom stereocenters. The van der Waals surface area contributed by atoms with Gasteiger partial charge in [-0.15, -0.1) is 0 Å². The lowest BCUT2D eigenvalue weighted by atomic mass is 10.2. The molecule has 122 valence electrons. The van der Waals surface area contributed by atoms with E-state index in [-0.39, 0.29) is 5.76 Å². The summed E-state index contributed by atoms with van der Waals surface area (Å²) in [5, 5.41) is 22.8. The molecule has 9 heteroatoms. The van der Waals surface area contributed by atoms with E-state index in [1.165, 1.54) is 19.1 Å². The number of furan rings is 1. The van der Waals surface area contributed by atoms with Gasteiger partial charge in [-0.3, -0.25) is 14.9 Å². The molecule has 9 nitrogen and oxygen atoms in total. The van der Waals surface area contributed by atoms with Crippen LogP contribution in [0, 0.1) is 21.4 Å². The van der Waals surface area contributed by atoms with Crippen molar-refractivity contribution in [3.8, 4) is 11.8 Å². The fourth-order valence-corrected chi connectivity index (χ4v) is 1.63. The number of hydrogen-bond donors (Lipinski definition) is 1. The number of rotatable bonds is 6. The molecule has 2 aromatic rings. The molecule has 24 heavy (non-hydrogen) atoms. The van der Waals surface area contributed by atoms with Crippen LogP contribution in [0.5, 0.6) is 5.75 Å². The van der Waals surface area contributed by atoms with Gasteiger partial charge in [-0.05, 0) is 37.3 Å². The van der Waals surface area contributed by atoms with Crippen molar-refractivity contribution in [2.75, 3.05) is 0 Å². The fraction of sp³-hybridized carbons (Fsp3) is 0.133. The summed E-state index contributed by atoms with van der Waals surface area (Å²) in [6, 6.07) is 10.8. The SMILES string of the molecule is C[C@H](Oc1ccc(C#N)cc1)C(=O)NN=Cc1ccc([N+](=O)[O-])o1. The molecule has 1 aromatic carbocycles. The Bertz CT molecular complexity index is 804. The zero-order chi connectivity index (χ0) is 17.5. The Hall–Kier alpha value is -3.67. The van der Waals surface area contributed by atoms with Gasteiger partial charge in [0, 0.05) is 0 Å². The number of benzene rings is 1. The number of hydrogen-bond acceptors (Lipinski definition) is 7. The van der Waals surface area contributed by atoms with E-state index in [1.807, 2.05) is 6.07 Å². The molecule has 0 fully saturated rings. The fourth-order valence-electron chi connectivity index (χ4n) is 1.63. The first-order chi connectivity index (χ1) is 11.5. The highest BCUT2D eigenvalue weighted by atomic mass is 16.6. The third-order valence-corrected chi connectivity index (χ3v) is 2.82. The molecule has 1 atom stereocenters. The van der Waals surface area contributed by atoms with E-state index < -0.39 is 22.8 Å². The zero-order valence-electron chi connectivity index (χ0n) is 12.5. The number of carbonyl (C=O) groups is 1. The number of ether oxygens (including phenoxy) is 1. The van der Waals surface area contributed by atoms with Crippen LogP contribution >= 0.6 is 0 Å². The van der Waals surface area contributed by atoms with Crippen LogP contribution in [0.15, 0.2) is 45.9 Å². The van der Waals surface area contributed by atoms with Crippen LogP contribution in [-0.4, -0.2) is 23.1 Å². The second kappa shape index (κ2) is 7.55. The summed E-state index contributed by atoms with van der Waals surface area (Å²) in [5.74, 6) is -0.373. The van der Waals surface area contributed by atoms with Gasteiger partial charge in [0.1, 0.15) is 10.7 Å². The molecular formula is C15H12N4O5. The number of carbonyl (C=O) groups excluding carboxylic acids is 1. The maximum absolute atomic E-state index is 11.8. The predicted molar refractivity (Wildman–Crippen MR) is 82.3 cm³/mol. The quantitative estimate of drug-likeness (QED) is 0.490. The van der Waals surface area contributed by atoms with Crippen molar-refractivity contribution in [2.45, 2.75) is 13.0 Å². The average molecular weight is 328 g/mol. The maximum atomic E-state index is 11.8. The Morgan fingerprint density at radius 1 is 1.42 bits per heavy atom. The van der Waals surface area contributed by atoms with Gasteiger partial charge in [0.2, 0.25) is 0 Å². The maximum Gasteiger partial charge on any atom is 0.433 e. The third kappa shape index (κ3) is 4.41. The second-order valence-corrected chi connectivity index (χ2v) is 4.56. The van der Waals surface area contributed by atoms with Crippen LogP contribution < -0.4 is 10.2 Å². The van der Waals surface area contributed by atoms with Crippen LogP contribution in [-0.2, 0) is 4.79 Å². The van der Waals surface area contributed by atoms with Crippen molar-refractivity contribution < 1.29 is 18.9 Å². The Labute approximate surface area is 136 Å². The van der Waals surface area contributed by atoms with Gasteiger partial charge in [-0.25, -0.2) is 5.43 Å². The number of nitro groups is 1. The van der Waals surface area contributed by atoms with Crippen molar-refractivity contribution in [3.63, 3.8) is 0 Å². The van der Waals surface area contributed by atoms with Gasteiger partial charge in [-0.1, -0.05) is 0 Å². The third-order valence-electron chi connectivity index (χ3n) is 2.82. The van der Waals surface area contributed by atoms with Gasteiger partial charge >= 0.3 is 5.88 Å². The minimum absolute atomic E-state index is 0.127. The first kappa shape index (κ1) is 16.7. The summed E-state index contributed by atoms with van der Waals surface area (Å²) < 4.78 is 10.3. The monoisotopic (exact) mass is 328 g/mol. The molecule has 0 bridgehead atoms. The summed E-state index contributed by atoms with van der Waals surface area (Å²) in [7, 11) is 0. The normalized spacial score (nSPS) is 11.7. The Morgan fingerprint density at radius 2 is 2.12 bits per heavy atom. The highest BCUT2D eigenvalue weighted by Crippen LogP contribution is 2.14. The molecule has 0 saturated heterocycles. The molecule has 1 heterocycles. The summed E-state index contributed by atoms with van der Waals surface area (Å²) in [4.78, 5) is 21.6. The lowest BCUT2D eigenvalue weighted by molar-refractivity contribution is -0.402. The van der Waals surface area contributed by atoms with Crippen molar-refractivity contribution >= 4 is 18.0 Å². The first-order valence-corrected chi connectivity index (χ1v) is 6.73. The van der Waals surface area contributed by atoms with E-state index in [0.29, 0.717) is 11.3 Å². The molecule has 2 rings (SSSR count). The molecular weight excluding hydrogens is 316 g/mol. The standard InChI is InChI=1S/C15H12N4O5/c1-10(23-12-4-2-11(8-16)3-5-12)15(20)18-17-9-13-6-7-14(24-13)19(21)22/h2-7,9-10H,1H3,(H,18,20)/t10-/m0/s1. The van der Waals surface area contributed by atoms with Gasteiger partial charge < -0.3 is 9.15 Å². The van der Waals surface area contributed by atoms with Crippen LogP contribution in [0.3, 0.4) is 0 Å². The molecule has 0 radical (unpaired) electrons. The van der Waals surface area contributed by atoms with E-state index in [1.54, 1.807) is 24.3 Å². The van der Waals surface area contributed by atoms with Crippen LogP contribution in [0.25, 0.3) is 0 Å². The molecule has 0 spiro atoms. The topological polar surface area (TPSA) is 131 Å². The van der Waals surface area contributed by atoms with E-state index in [2.05, 4.69) is 10.5 Å². The van der Waals surface area contributed by atoms with Crippen molar-refractivity contribution in [2.24, 2.45) is 5.10 Å². The van der Waals surface area contributed by atoms with Crippen LogP contribution in [0.2, 0.25) is 0 Å². The Balaban J connectivity index is 1.87. The number of nitrogens with one attached hydrogen (secondary N) is 1. The zero-order valence-corrected chi connectivity index (χ0v) is 12.5. The largest absolute Gasteiger partial charge is 0.481 e. The molecule has 1 N–H and O–H groups in total. The first-order valence-electron chi connectivity index (χ1n) is 6.73. The molecule has 0 aliphatic carbocycles. The number of nitriles is 1. The van der Waals surface area contributed by atoms with E-state index in [4.69, 9.17) is 14.4 Å². The summed E-state index contributed by atoms with van der Waals surface area (Å²) in [6.07, 6.45) is 0.306. The van der Waals surface area contributed by atoms with Gasteiger partial charge in [0.15, 0.2) is 11.9 Å². The number of nitrogens with zero attached hydrogens (tertiary/aromatic N) is 3.